The lowest BCUT2D eigenvalue weighted by atomic mass is 9.99. The molecule has 0 aromatic carbocycles. The van der Waals surface area contributed by atoms with Crippen LogP contribution >= 0.6 is 0 Å². The van der Waals surface area contributed by atoms with E-state index in [0.29, 0.717) is 5.78 Å². The second-order valence-electron chi connectivity index (χ2n) is 4.85. The molecule has 1 atom stereocenters. The number of hydrogen-bond donors (Lipinski definition) is 0. The smallest absolute Gasteiger partial charge is 0.146 e. The summed E-state index contributed by atoms with van der Waals surface area (Å²) in [5.74, 6) is 0.315. The van der Waals surface area contributed by atoms with Crippen LogP contribution in [0.1, 0.15) is 31.9 Å². The van der Waals surface area contributed by atoms with Crippen molar-refractivity contribution in [2.75, 3.05) is 13.1 Å². The first-order chi connectivity index (χ1) is 8.18. The van der Waals surface area contributed by atoms with Crippen molar-refractivity contribution in [3.05, 3.63) is 18.0 Å². The van der Waals surface area contributed by atoms with E-state index in [1.54, 1.807) is 6.92 Å². The van der Waals surface area contributed by atoms with E-state index in [-0.39, 0.29) is 6.04 Å². The minimum atomic E-state index is 0.150. The largest absolute Gasteiger partial charge is 0.298 e. The van der Waals surface area contributed by atoms with Crippen LogP contribution in [0.25, 0.3) is 0 Å². The highest BCUT2D eigenvalue weighted by Crippen LogP contribution is 2.18. The summed E-state index contributed by atoms with van der Waals surface area (Å²) >= 11 is 0. The fourth-order valence-corrected chi connectivity index (χ4v) is 2.62. The van der Waals surface area contributed by atoms with Crippen LogP contribution in [0.3, 0.4) is 0 Å². The highest BCUT2D eigenvalue weighted by molar-refractivity contribution is 5.81. The molecule has 1 aliphatic rings. The molecule has 1 aliphatic heterocycles. The maximum Gasteiger partial charge on any atom is 0.146 e. The summed E-state index contributed by atoms with van der Waals surface area (Å²) in [5.41, 5.74) is 1.23. The van der Waals surface area contributed by atoms with Gasteiger partial charge in [-0.05, 0) is 32.4 Å². The van der Waals surface area contributed by atoms with E-state index in [1.165, 1.54) is 18.5 Å². The molecule has 0 N–H and O–H groups in total. The van der Waals surface area contributed by atoms with E-state index in [1.807, 2.05) is 24.0 Å². The van der Waals surface area contributed by atoms with E-state index in [4.69, 9.17) is 0 Å². The first-order valence-electron chi connectivity index (χ1n) is 6.40. The molecule has 0 saturated carbocycles. The third kappa shape index (κ3) is 2.94. The molecule has 17 heavy (non-hydrogen) atoms. The van der Waals surface area contributed by atoms with E-state index in [9.17, 15) is 4.79 Å². The molecule has 0 bridgehead atoms. The molecule has 2 heterocycles. The van der Waals surface area contributed by atoms with Crippen molar-refractivity contribution in [1.29, 1.82) is 0 Å². The zero-order valence-corrected chi connectivity index (χ0v) is 10.7. The molecule has 1 saturated heterocycles. The van der Waals surface area contributed by atoms with Crippen LogP contribution < -0.4 is 0 Å². The molecular weight excluding hydrogens is 214 g/mol. The summed E-state index contributed by atoms with van der Waals surface area (Å²) in [7, 11) is 1.97. The Kier molecular flexibility index (Phi) is 3.94. The Morgan fingerprint density at radius 1 is 1.53 bits per heavy atom. The summed E-state index contributed by atoms with van der Waals surface area (Å²) in [4.78, 5) is 13.9. The van der Waals surface area contributed by atoms with E-state index < -0.39 is 0 Å². The molecule has 2 rings (SSSR count). The van der Waals surface area contributed by atoms with Crippen LogP contribution in [0.2, 0.25) is 0 Å². The van der Waals surface area contributed by atoms with Crippen molar-refractivity contribution in [2.24, 2.45) is 7.05 Å². The standard InChI is InChI=1S/C13H21N3O/c1-11(17)13-5-3-4-9-16(13)10-7-12-6-8-14-15(12)2/h6,8,13H,3-5,7,9-10H2,1-2H3. The molecule has 1 unspecified atom stereocenters. The van der Waals surface area contributed by atoms with Crippen LogP contribution in [0.15, 0.2) is 12.3 Å². The number of rotatable bonds is 4. The van der Waals surface area contributed by atoms with Crippen molar-refractivity contribution in [1.82, 2.24) is 14.7 Å². The Morgan fingerprint density at radius 3 is 3.00 bits per heavy atom. The zero-order chi connectivity index (χ0) is 12.3. The molecule has 1 aromatic rings. The second-order valence-corrected chi connectivity index (χ2v) is 4.85. The van der Waals surface area contributed by atoms with Gasteiger partial charge in [-0.2, -0.15) is 5.10 Å². The van der Waals surface area contributed by atoms with Gasteiger partial charge in [-0.1, -0.05) is 6.42 Å². The van der Waals surface area contributed by atoms with Gasteiger partial charge in [-0.3, -0.25) is 14.4 Å². The summed E-state index contributed by atoms with van der Waals surface area (Å²) in [6.07, 6.45) is 6.23. The van der Waals surface area contributed by atoms with Crippen molar-refractivity contribution in [2.45, 2.75) is 38.6 Å². The number of likely N-dealkylation sites (tertiary alicyclic amines) is 1. The summed E-state index contributed by atoms with van der Waals surface area (Å²) < 4.78 is 1.91. The quantitative estimate of drug-likeness (QED) is 0.792. The Morgan fingerprint density at radius 2 is 2.35 bits per heavy atom. The normalized spacial score (nSPS) is 21.6. The monoisotopic (exact) mass is 235 g/mol. The molecule has 1 fully saturated rings. The summed E-state index contributed by atoms with van der Waals surface area (Å²) in [6.45, 7) is 3.74. The lowest BCUT2D eigenvalue weighted by molar-refractivity contribution is -0.123. The van der Waals surface area contributed by atoms with E-state index in [0.717, 1.165) is 25.9 Å². The molecular formula is C13H21N3O. The van der Waals surface area contributed by atoms with Crippen LogP contribution in [0, 0.1) is 0 Å². The molecule has 94 valence electrons. The van der Waals surface area contributed by atoms with Gasteiger partial charge in [-0.25, -0.2) is 0 Å². The van der Waals surface area contributed by atoms with Crippen LogP contribution in [0.4, 0.5) is 0 Å². The Labute approximate surface area is 103 Å². The van der Waals surface area contributed by atoms with Gasteiger partial charge in [0.05, 0.1) is 6.04 Å². The predicted octanol–water partition coefficient (Wildman–Crippen LogP) is 1.41. The number of carbonyl (C=O) groups is 1. The van der Waals surface area contributed by atoms with Crippen LogP contribution in [0.5, 0.6) is 0 Å². The van der Waals surface area contributed by atoms with E-state index in [2.05, 4.69) is 10.00 Å². The molecule has 0 radical (unpaired) electrons. The van der Waals surface area contributed by atoms with Crippen molar-refractivity contribution < 1.29 is 4.79 Å². The lowest BCUT2D eigenvalue weighted by Crippen LogP contribution is -2.44. The number of ketones is 1. The summed E-state index contributed by atoms with van der Waals surface area (Å²) in [6, 6.07) is 2.20. The third-order valence-electron chi connectivity index (χ3n) is 3.66. The zero-order valence-electron chi connectivity index (χ0n) is 10.7. The Bertz CT molecular complexity index is 386. The van der Waals surface area contributed by atoms with Gasteiger partial charge in [0.25, 0.3) is 0 Å². The first-order valence-corrected chi connectivity index (χ1v) is 6.40. The third-order valence-corrected chi connectivity index (χ3v) is 3.66. The molecule has 0 aliphatic carbocycles. The van der Waals surface area contributed by atoms with Crippen molar-refractivity contribution in [3.8, 4) is 0 Å². The number of nitrogens with zero attached hydrogens (tertiary/aromatic N) is 3. The predicted molar refractivity (Wildman–Crippen MR) is 66.8 cm³/mol. The van der Waals surface area contributed by atoms with Gasteiger partial charge < -0.3 is 0 Å². The number of carbonyl (C=O) groups excluding carboxylic acids is 1. The van der Waals surface area contributed by atoms with Gasteiger partial charge >= 0.3 is 0 Å². The molecule has 4 nitrogen and oxygen atoms in total. The molecule has 4 heteroatoms. The maximum atomic E-state index is 11.6. The molecule has 1 aromatic heterocycles. The average molecular weight is 235 g/mol. The molecule has 0 amide bonds. The minimum absolute atomic E-state index is 0.150. The van der Waals surface area contributed by atoms with Crippen molar-refractivity contribution in [3.63, 3.8) is 0 Å². The fraction of sp³-hybridized carbons (Fsp3) is 0.692. The van der Waals surface area contributed by atoms with Crippen LogP contribution in [-0.4, -0.2) is 39.6 Å². The minimum Gasteiger partial charge on any atom is -0.298 e. The number of aryl methyl sites for hydroxylation is 1. The van der Waals surface area contributed by atoms with Gasteiger partial charge in [0.1, 0.15) is 5.78 Å². The molecule has 0 spiro atoms. The average Bonchev–Trinajstić information content (AvgIpc) is 2.72. The number of piperidine rings is 1. The van der Waals surface area contributed by atoms with Gasteiger partial charge in [0.15, 0.2) is 0 Å². The first kappa shape index (κ1) is 12.3. The van der Waals surface area contributed by atoms with Crippen molar-refractivity contribution >= 4 is 5.78 Å². The van der Waals surface area contributed by atoms with Gasteiger partial charge in [-0.15, -0.1) is 0 Å². The van der Waals surface area contributed by atoms with Crippen LogP contribution in [-0.2, 0) is 18.3 Å². The topological polar surface area (TPSA) is 38.1 Å². The number of hydrogen-bond acceptors (Lipinski definition) is 3. The van der Waals surface area contributed by atoms with Gasteiger partial charge in [0.2, 0.25) is 0 Å². The van der Waals surface area contributed by atoms with Gasteiger partial charge in [0, 0.05) is 31.9 Å². The highest BCUT2D eigenvalue weighted by Gasteiger charge is 2.25. The Hall–Kier alpha value is -1.16. The fourth-order valence-electron chi connectivity index (χ4n) is 2.62. The lowest BCUT2D eigenvalue weighted by Gasteiger charge is -2.34. The Balaban J connectivity index is 1.92. The highest BCUT2D eigenvalue weighted by atomic mass is 16.1. The SMILES string of the molecule is CC(=O)C1CCCCN1CCc1ccnn1C. The maximum absolute atomic E-state index is 11.6. The second kappa shape index (κ2) is 5.45. The summed E-state index contributed by atoms with van der Waals surface area (Å²) in [5, 5.41) is 4.17. The number of Topliss-reactive ketones (excluding diaryl/α,β-unsaturated/α-hetero) is 1. The van der Waals surface area contributed by atoms with E-state index >= 15 is 0 Å². The number of aromatic nitrogens is 2.